The van der Waals surface area contributed by atoms with E-state index in [1.807, 2.05) is 0 Å². The summed E-state index contributed by atoms with van der Waals surface area (Å²) in [7, 11) is 0. The number of piperidine rings is 1. The zero-order valence-corrected chi connectivity index (χ0v) is 18.4. The number of nitrogens with two attached hydrogens (primary N) is 1. The van der Waals surface area contributed by atoms with E-state index < -0.39 is 5.91 Å². The molecule has 1 fully saturated rings. The molecule has 0 saturated carbocycles. The van der Waals surface area contributed by atoms with Crippen molar-refractivity contribution in [1.29, 1.82) is 0 Å². The van der Waals surface area contributed by atoms with Gasteiger partial charge in [-0.25, -0.2) is 10.1 Å². The van der Waals surface area contributed by atoms with E-state index in [4.69, 9.17) is 17.3 Å². The van der Waals surface area contributed by atoms with Crippen molar-refractivity contribution < 1.29 is 14.5 Å². The molecule has 1 aliphatic heterocycles. The van der Waals surface area contributed by atoms with Crippen molar-refractivity contribution in [2.24, 2.45) is 5.10 Å². The molecule has 0 bridgehead atoms. The molecule has 3 aromatic rings. The highest BCUT2D eigenvalue weighted by Gasteiger charge is 2.26. The summed E-state index contributed by atoms with van der Waals surface area (Å²) in [6, 6.07) is 4.49. The van der Waals surface area contributed by atoms with Gasteiger partial charge in [-0.3, -0.25) is 9.69 Å². The smallest absolute Gasteiger partial charge is 0.292 e. The highest BCUT2D eigenvalue weighted by atomic mass is 35.5. The van der Waals surface area contributed by atoms with E-state index >= 15 is 0 Å². The highest BCUT2D eigenvalue weighted by Crippen LogP contribution is 2.20. The topological polar surface area (TPSA) is 161 Å². The molecule has 1 saturated heterocycles. The molecule has 14 heteroatoms. The van der Waals surface area contributed by atoms with Gasteiger partial charge in [0, 0.05) is 17.1 Å². The number of aromatic hydroxyl groups is 1. The van der Waals surface area contributed by atoms with Crippen molar-refractivity contribution in [3.05, 3.63) is 40.2 Å². The number of hydrogen-bond acceptors (Lipinski definition) is 10. The van der Waals surface area contributed by atoms with Crippen LogP contribution in [-0.4, -0.2) is 60.5 Å². The largest absolute Gasteiger partial charge is 0.507 e. The van der Waals surface area contributed by atoms with Gasteiger partial charge < -0.3 is 10.8 Å². The number of phenolic OH excluding ortho intramolecular Hbond substituents is 1. The van der Waals surface area contributed by atoms with Gasteiger partial charge in [-0.05, 0) is 54.4 Å². The summed E-state index contributed by atoms with van der Waals surface area (Å²) in [5.74, 6) is -0.589. The number of nitrogens with zero attached hydrogens (tertiary/aromatic N) is 7. The Morgan fingerprint density at radius 1 is 1.31 bits per heavy atom. The second-order valence-corrected chi connectivity index (χ2v) is 7.45. The Morgan fingerprint density at radius 2 is 2.09 bits per heavy atom. The van der Waals surface area contributed by atoms with Gasteiger partial charge in [0.25, 0.3) is 5.91 Å². The minimum absolute atomic E-state index is 0. The molecule has 2 aromatic heterocycles. The van der Waals surface area contributed by atoms with Gasteiger partial charge in [0.1, 0.15) is 11.4 Å². The van der Waals surface area contributed by atoms with Crippen LogP contribution in [-0.2, 0) is 6.54 Å². The number of carbonyl (C=O) groups excluding carboxylic acids is 1. The summed E-state index contributed by atoms with van der Waals surface area (Å²) in [4.78, 5) is 15.2. The van der Waals surface area contributed by atoms with E-state index in [0.717, 1.165) is 25.9 Å². The zero-order chi connectivity index (χ0) is 21.8. The maximum Gasteiger partial charge on any atom is 0.292 e. The lowest BCUT2D eigenvalue weighted by molar-refractivity contribution is 0.0944. The van der Waals surface area contributed by atoms with Crippen LogP contribution in [0, 0.1) is 0 Å². The lowest BCUT2D eigenvalue weighted by Gasteiger charge is -2.25. The zero-order valence-electron chi connectivity index (χ0n) is 16.8. The van der Waals surface area contributed by atoms with Crippen molar-refractivity contribution in [1.82, 2.24) is 35.6 Å². The molecule has 3 heterocycles. The van der Waals surface area contributed by atoms with Gasteiger partial charge >= 0.3 is 0 Å². The normalized spacial score (nSPS) is 14.4. The second-order valence-electron chi connectivity index (χ2n) is 7.01. The monoisotopic (exact) mass is 481 g/mol. The van der Waals surface area contributed by atoms with Crippen LogP contribution >= 0.6 is 24.0 Å². The van der Waals surface area contributed by atoms with E-state index in [1.54, 1.807) is 6.07 Å². The maximum absolute atomic E-state index is 13.0. The van der Waals surface area contributed by atoms with E-state index in [9.17, 15) is 9.90 Å². The number of aromatic nitrogens is 5. The number of nitrogens with one attached hydrogen (secondary N) is 1. The highest BCUT2D eigenvalue weighted by molar-refractivity contribution is 6.30. The molecule has 0 spiro atoms. The number of phenols is 1. The average molecular weight is 482 g/mol. The summed E-state index contributed by atoms with van der Waals surface area (Å²) in [6.45, 7) is 2.26. The van der Waals surface area contributed by atoms with Crippen LogP contribution in [0.3, 0.4) is 0 Å². The van der Waals surface area contributed by atoms with Crippen LogP contribution in [0.25, 0.3) is 5.82 Å². The summed E-state index contributed by atoms with van der Waals surface area (Å²) in [5.41, 5.74) is 9.09. The van der Waals surface area contributed by atoms with Crippen molar-refractivity contribution in [2.45, 2.75) is 25.8 Å². The van der Waals surface area contributed by atoms with E-state index in [-0.39, 0.29) is 35.5 Å². The van der Waals surface area contributed by atoms with Gasteiger partial charge in [0.2, 0.25) is 11.6 Å². The number of rotatable bonds is 6. The lowest BCUT2D eigenvalue weighted by Crippen LogP contribution is -2.31. The summed E-state index contributed by atoms with van der Waals surface area (Å²) in [6.07, 6.45) is 4.64. The predicted octanol–water partition coefficient (Wildman–Crippen LogP) is 1.76. The maximum atomic E-state index is 13.0. The standard InChI is InChI=1S/C18H20ClN9O3.ClH/c19-12-4-5-14(29)11(8-12)9-21-23-18(30)15-13(10-27-6-2-1-3-7-27)22-26-28(15)17-16(20)24-31-25-17;/h4-5,8-9,29H,1-3,6-7,10H2,(H2,20,24)(H,23,30);1H/b21-9+;. The number of likely N-dealkylation sites (tertiary alicyclic amines) is 1. The van der Waals surface area contributed by atoms with E-state index in [2.05, 4.69) is 40.7 Å². The van der Waals surface area contributed by atoms with E-state index in [1.165, 1.54) is 29.4 Å². The fraction of sp³-hybridized carbons (Fsp3) is 0.333. The Balaban J connectivity index is 0.00000289. The number of amides is 1. The summed E-state index contributed by atoms with van der Waals surface area (Å²) < 4.78 is 5.80. The molecule has 1 aromatic carbocycles. The minimum atomic E-state index is -0.586. The Bertz CT molecular complexity index is 1110. The van der Waals surface area contributed by atoms with Gasteiger partial charge in [0.05, 0.1) is 6.21 Å². The lowest BCUT2D eigenvalue weighted by atomic mass is 10.1. The molecule has 1 amide bonds. The second kappa shape index (κ2) is 10.4. The van der Waals surface area contributed by atoms with Crippen molar-refractivity contribution in [3.63, 3.8) is 0 Å². The Hall–Kier alpha value is -3.22. The van der Waals surface area contributed by atoms with Gasteiger partial charge in [-0.15, -0.1) is 17.5 Å². The van der Waals surface area contributed by atoms with Crippen LogP contribution in [0.1, 0.15) is 41.0 Å². The number of anilines is 1. The quantitative estimate of drug-likeness (QED) is 0.351. The SMILES string of the molecule is Cl.Nc1nonc1-n1nnc(CN2CCCCC2)c1C(=O)N/N=C/c1cc(Cl)ccc1O. The van der Waals surface area contributed by atoms with Gasteiger partial charge in [0.15, 0.2) is 5.69 Å². The number of hydrogen-bond donors (Lipinski definition) is 3. The number of nitrogen functional groups attached to an aromatic ring is 1. The Labute approximate surface area is 193 Å². The third-order valence-electron chi connectivity index (χ3n) is 4.83. The minimum Gasteiger partial charge on any atom is -0.507 e. The average Bonchev–Trinajstić information content (AvgIpc) is 3.37. The molecule has 1 aliphatic rings. The predicted molar refractivity (Wildman–Crippen MR) is 118 cm³/mol. The molecular formula is C18H21Cl2N9O3. The van der Waals surface area contributed by atoms with Crippen molar-refractivity contribution >= 4 is 41.9 Å². The number of carbonyl (C=O) groups is 1. The molecular weight excluding hydrogens is 461 g/mol. The fourth-order valence-corrected chi connectivity index (χ4v) is 3.48. The third-order valence-corrected chi connectivity index (χ3v) is 5.07. The van der Waals surface area contributed by atoms with Crippen LogP contribution < -0.4 is 11.2 Å². The molecule has 12 nitrogen and oxygen atoms in total. The van der Waals surface area contributed by atoms with Crippen molar-refractivity contribution in [2.75, 3.05) is 18.8 Å². The number of benzene rings is 1. The first-order valence-electron chi connectivity index (χ1n) is 9.60. The van der Waals surface area contributed by atoms with Crippen molar-refractivity contribution in [3.8, 4) is 11.6 Å². The molecule has 32 heavy (non-hydrogen) atoms. The molecule has 4 N–H and O–H groups in total. The first-order valence-corrected chi connectivity index (χ1v) is 9.98. The van der Waals surface area contributed by atoms with Gasteiger partial charge in [-0.1, -0.05) is 23.2 Å². The van der Waals surface area contributed by atoms with Crippen LogP contribution in [0.5, 0.6) is 5.75 Å². The molecule has 0 radical (unpaired) electrons. The molecule has 0 atom stereocenters. The van der Waals surface area contributed by atoms with Crippen LogP contribution in [0.15, 0.2) is 27.9 Å². The molecule has 0 unspecified atom stereocenters. The number of hydrazone groups is 1. The summed E-state index contributed by atoms with van der Waals surface area (Å²) in [5, 5.41) is 29.6. The first kappa shape index (κ1) is 23.4. The van der Waals surface area contributed by atoms with Crippen LogP contribution in [0.2, 0.25) is 5.02 Å². The van der Waals surface area contributed by atoms with E-state index in [0.29, 0.717) is 22.8 Å². The Kier molecular flexibility index (Phi) is 7.62. The molecule has 4 rings (SSSR count). The molecule has 170 valence electrons. The fourth-order valence-electron chi connectivity index (χ4n) is 3.30. The summed E-state index contributed by atoms with van der Waals surface area (Å²) >= 11 is 5.93. The first-order chi connectivity index (χ1) is 15.0. The number of halogens is 2. The van der Waals surface area contributed by atoms with Gasteiger partial charge in [-0.2, -0.15) is 9.78 Å². The molecule has 0 aliphatic carbocycles. The van der Waals surface area contributed by atoms with Crippen LogP contribution in [0.4, 0.5) is 5.82 Å². The third kappa shape index (κ3) is 5.15. The Morgan fingerprint density at radius 3 is 2.81 bits per heavy atom.